The van der Waals surface area contributed by atoms with Crippen LogP contribution < -0.4 is 4.74 Å². The Balaban J connectivity index is 2.04. The molecular formula is C29H36N2O6. The molecule has 1 heterocycles. The maximum Gasteiger partial charge on any atom is 0.337 e. The summed E-state index contributed by atoms with van der Waals surface area (Å²) in [5.41, 5.74) is 1.39. The topological polar surface area (TPSA) is 96.4 Å². The van der Waals surface area contributed by atoms with Gasteiger partial charge in [0, 0.05) is 12.1 Å². The summed E-state index contributed by atoms with van der Waals surface area (Å²) in [7, 11) is 1.30. The van der Waals surface area contributed by atoms with Crippen molar-refractivity contribution in [3.05, 3.63) is 70.8 Å². The Morgan fingerprint density at radius 1 is 1.03 bits per heavy atom. The van der Waals surface area contributed by atoms with E-state index < -0.39 is 23.7 Å². The van der Waals surface area contributed by atoms with Crippen LogP contribution in [-0.2, 0) is 14.3 Å². The number of esters is 1. The number of ether oxygens (including phenoxy) is 2. The van der Waals surface area contributed by atoms with Crippen molar-refractivity contribution in [2.24, 2.45) is 0 Å². The van der Waals surface area contributed by atoms with Crippen LogP contribution in [0.25, 0.3) is 5.76 Å². The van der Waals surface area contributed by atoms with E-state index in [-0.39, 0.29) is 11.3 Å². The van der Waals surface area contributed by atoms with Gasteiger partial charge in [-0.15, -0.1) is 0 Å². The first-order valence-corrected chi connectivity index (χ1v) is 12.8. The molecule has 37 heavy (non-hydrogen) atoms. The maximum atomic E-state index is 13.3. The highest BCUT2D eigenvalue weighted by atomic mass is 16.5. The molecule has 8 heteroatoms. The average Bonchev–Trinajstić information content (AvgIpc) is 3.18. The van der Waals surface area contributed by atoms with Crippen LogP contribution in [0, 0.1) is 0 Å². The minimum atomic E-state index is -0.788. The second kappa shape index (κ2) is 13.1. The summed E-state index contributed by atoms with van der Waals surface area (Å²) in [5, 5.41) is 11.3. The summed E-state index contributed by atoms with van der Waals surface area (Å²) >= 11 is 0. The van der Waals surface area contributed by atoms with E-state index in [1.807, 2.05) is 6.92 Å². The van der Waals surface area contributed by atoms with Crippen LogP contribution in [0.1, 0.15) is 61.1 Å². The molecule has 1 N–H and O–H groups in total. The molecule has 1 aliphatic heterocycles. The number of hydrogen-bond acceptors (Lipinski definition) is 7. The number of carbonyl (C=O) groups excluding carboxylic acids is 3. The molecule has 1 amide bonds. The molecule has 0 bridgehead atoms. The molecule has 198 valence electrons. The third-order valence-electron chi connectivity index (χ3n) is 6.54. The molecule has 2 aromatic carbocycles. The van der Waals surface area contributed by atoms with Gasteiger partial charge in [-0.25, -0.2) is 4.79 Å². The third kappa shape index (κ3) is 6.38. The monoisotopic (exact) mass is 508 g/mol. The van der Waals surface area contributed by atoms with Gasteiger partial charge in [0.1, 0.15) is 11.5 Å². The van der Waals surface area contributed by atoms with Crippen molar-refractivity contribution in [3.8, 4) is 5.75 Å². The SMILES string of the molecule is CCCOc1cccc(C(O)=C2C(=O)C(=O)N(CCCN(CC)CC)C2c2ccc(C(=O)OC)cc2)c1. The standard InChI is InChI=1S/C29H36N2O6/c1-5-18-37-23-11-8-10-22(19-23)26(32)24-25(20-12-14-21(15-13-20)29(35)36-4)31(28(34)27(24)33)17-9-16-30(6-2)7-3/h8,10-15,19,25,32H,5-7,9,16-18H2,1-4H3. The van der Waals surface area contributed by atoms with Crippen molar-refractivity contribution in [3.63, 3.8) is 0 Å². The summed E-state index contributed by atoms with van der Waals surface area (Å²) in [5.74, 6) is -1.56. The van der Waals surface area contributed by atoms with Crippen LogP contribution in [0.4, 0.5) is 0 Å². The van der Waals surface area contributed by atoms with Crippen LogP contribution in [0.5, 0.6) is 5.75 Å². The fourth-order valence-corrected chi connectivity index (χ4v) is 4.49. The van der Waals surface area contributed by atoms with Gasteiger partial charge in [0.25, 0.3) is 11.7 Å². The summed E-state index contributed by atoms with van der Waals surface area (Å²) in [6.07, 6.45) is 1.50. The van der Waals surface area contributed by atoms with Gasteiger partial charge in [0.05, 0.1) is 30.9 Å². The molecule has 0 aromatic heterocycles. The third-order valence-corrected chi connectivity index (χ3v) is 6.54. The van der Waals surface area contributed by atoms with Gasteiger partial charge in [-0.05, 0) is 62.3 Å². The number of amides is 1. The number of benzene rings is 2. The van der Waals surface area contributed by atoms with Crippen LogP contribution in [-0.4, -0.2) is 72.5 Å². The van der Waals surface area contributed by atoms with E-state index in [9.17, 15) is 19.5 Å². The van der Waals surface area contributed by atoms with Crippen LogP contribution in [0.3, 0.4) is 0 Å². The largest absolute Gasteiger partial charge is 0.507 e. The molecule has 1 aliphatic rings. The summed E-state index contributed by atoms with van der Waals surface area (Å²) < 4.78 is 10.5. The highest BCUT2D eigenvalue weighted by Crippen LogP contribution is 2.40. The first-order valence-electron chi connectivity index (χ1n) is 12.8. The first-order chi connectivity index (χ1) is 17.9. The minimum absolute atomic E-state index is 0.0197. The van der Waals surface area contributed by atoms with Crippen LogP contribution >= 0.6 is 0 Å². The van der Waals surface area contributed by atoms with Crippen molar-refractivity contribution >= 4 is 23.4 Å². The van der Waals surface area contributed by atoms with E-state index in [0.29, 0.717) is 42.0 Å². The Morgan fingerprint density at radius 2 is 1.73 bits per heavy atom. The Hall–Kier alpha value is -3.65. The Bertz CT molecular complexity index is 1140. The van der Waals surface area contributed by atoms with Gasteiger partial charge in [0.2, 0.25) is 0 Å². The van der Waals surface area contributed by atoms with Crippen molar-refractivity contribution in [2.45, 2.75) is 39.7 Å². The lowest BCUT2D eigenvalue weighted by atomic mass is 9.94. The second-order valence-electron chi connectivity index (χ2n) is 8.86. The Kier molecular flexibility index (Phi) is 9.85. The van der Waals surface area contributed by atoms with Gasteiger partial charge in [-0.2, -0.15) is 0 Å². The molecule has 1 fully saturated rings. The fourth-order valence-electron chi connectivity index (χ4n) is 4.49. The molecule has 8 nitrogen and oxygen atoms in total. The number of methoxy groups -OCH3 is 1. The quantitative estimate of drug-likeness (QED) is 0.196. The molecule has 2 aromatic rings. The number of carbonyl (C=O) groups is 3. The van der Waals surface area contributed by atoms with E-state index in [2.05, 4.69) is 18.7 Å². The molecule has 0 spiro atoms. The highest BCUT2D eigenvalue weighted by molar-refractivity contribution is 6.46. The summed E-state index contributed by atoms with van der Waals surface area (Å²) in [4.78, 5) is 42.2. The fraction of sp³-hybridized carbons (Fsp3) is 0.414. The summed E-state index contributed by atoms with van der Waals surface area (Å²) in [6.45, 7) is 9.59. The number of rotatable bonds is 12. The van der Waals surface area contributed by atoms with Crippen LogP contribution in [0.2, 0.25) is 0 Å². The lowest BCUT2D eigenvalue weighted by Crippen LogP contribution is -2.33. The number of likely N-dealkylation sites (tertiary alicyclic amines) is 1. The van der Waals surface area contributed by atoms with Gasteiger partial charge in [-0.1, -0.05) is 45.0 Å². The highest BCUT2D eigenvalue weighted by Gasteiger charge is 2.45. The van der Waals surface area contributed by atoms with E-state index in [4.69, 9.17) is 9.47 Å². The predicted molar refractivity (Wildman–Crippen MR) is 141 cm³/mol. The van der Waals surface area contributed by atoms with E-state index in [0.717, 1.165) is 26.1 Å². The van der Waals surface area contributed by atoms with Gasteiger partial charge in [-0.3, -0.25) is 9.59 Å². The van der Waals surface area contributed by atoms with E-state index in [1.165, 1.54) is 12.0 Å². The molecule has 0 radical (unpaired) electrons. The maximum absolute atomic E-state index is 13.3. The predicted octanol–water partition coefficient (Wildman–Crippen LogP) is 4.42. The second-order valence-corrected chi connectivity index (χ2v) is 8.86. The lowest BCUT2D eigenvalue weighted by molar-refractivity contribution is -0.140. The van der Waals surface area contributed by atoms with Crippen molar-refractivity contribution < 1.29 is 29.0 Å². The van der Waals surface area contributed by atoms with Gasteiger partial charge < -0.3 is 24.4 Å². The number of aliphatic hydroxyl groups is 1. The minimum Gasteiger partial charge on any atom is -0.507 e. The zero-order chi connectivity index (χ0) is 26.9. The smallest absolute Gasteiger partial charge is 0.337 e. The van der Waals surface area contributed by atoms with Crippen LogP contribution in [0.15, 0.2) is 54.1 Å². The van der Waals surface area contributed by atoms with Crippen molar-refractivity contribution in [1.82, 2.24) is 9.80 Å². The average molecular weight is 509 g/mol. The van der Waals surface area contributed by atoms with E-state index >= 15 is 0 Å². The zero-order valence-corrected chi connectivity index (χ0v) is 22.0. The zero-order valence-electron chi connectivity index (χ0n) is 22.0. The molecule has 1 saturated heterocycles. The molecule has 3 rings (SSSR count). The van der Waals surface area contributed by atoms with Crippen molar-refractivity contribution in [1.29, 1.82) is 0 Å². The number of ketones is 1. The molecule has 1 atom stereocenters. The van der Waals surface area contributed by atoms with Crippen molar-refractivity contribution in [2.75, 3.05) is 39.9 Å². The number of hydrogen-bond donors (Lipinski definition) is 1. The Morgan fingerprint density at radius 3 is 2.35 bits per heavy atom. The summed E-state index contributed by atoms with van der Waals surface area (Å²) in [6, 6.07) is 12.6. The number of nitrogens with zero attached hydrogens (tertiary/aromatic N) is 2. The van der Waals surface area contributed by atoms with E-state index in [1.54, 1.807) is 48.5 Å². The molecular weight excluding hydrogens is 472 g/mol. The van der Waals surface area contributed by atoms with Gasteiger partial charge >= 0.3 is 5.97 Å². The van der Waals surface area contributed by atoms with Gasteiger partial charge in [0.15, 0.2) is 0 Å². The number of aliphatic hydroxyl groups excluding tert-OH is 1. The molecule has 1 unspecified atom stereocenters. The normalized spacial score (nSPS) is 16.9. The molecule has 0 aliphatic carbocycles. The molecule has 0 saturated carbocycles. The number of Topliss-reactive ketones (excluding diaryl/α,β-unsaturated/α-hetero) is 1. The first kappa shape index (κ1) is 27.9. The lowest BCUT2D eigenvalue weighted by Gasteiger charge is -2.27. The Labute approximate surface area is 218 Å².